The van der Waals surface area contributed by atoms with Crippen molar-refractivity contribution in [2.75, 3.05) is 0 Å². The molecule has 6 heteroatoms. The second-order valence-electron chi connectivity index (χ2n) is 10.9. The summed E-state index contributed by atoms with van der Waals surface area (Å²) in [5.41, 5.74) is 5.04. The van der Waals surface area contributed by atoms with Crippen molar-refractivity contribution in [1.82, 2.24) is 10.6 Å². The Bertz CT molecular complexity index is 2370. The molecule has 9 rings (SSSR count). The molecule has 0 aliphatic carbocycles. The molecule has 0 radical (unpaired) electrons. The van der Waals surface area contributed by atoms with Crippen molar-refractivity contribution in [2.24, 2.45) is 0 Å². The lowest BCUT2D eigenvalue weighted by Crippen LogP contribution is -2.34. The molecule has 0 saturated carbocycles. The Morgan fingerprint density at radius 2 is 0.805 bits per heavy atom. The summed E-state index contributed by atoms with van der Waals surface area (Å²) in [6.07, 6.45) is 0. The standard InChI is InChI=1S/C35H18N2O4/c1-15-5-6-19-21-10-13-25-31-26(35(41)37-34(25)40)14-11-22(30(21)31)20-9-8-18(27(15)29(19)20)16-7-12-24-28-17(16)3-2-4-23(28)32(38)36-33(24)39/h2-14H,1H3,(H,36,38,39)(H,37,40,41). The van der Waals surface area contributed by atoms with E-state index >= 15 is 0 Å². The first-order valence-corrected chi connectivity index (χ1v) is 13.4. The van der Waals surface area contributed by atoms with Gasteiger partial charge < -0.3 is 0 Å². The Labute approximate surface area is 231 Å². The van der Waals surface area contributed by atoms with Gasteiger partial charge in [-0.25, -0.2) is 0 Å². The second kappa shape index (κ2) is 7.31. The number of carbonyl (C=O) groups is 4. The first-order chi connectivity index (χ1) is 19.9. The van der Waals surface area contributed by atoms with Gasteiger partial charge in [0, 0.05) is 33.0 Å². The SMILES string of the molecule is Cc1ccc2c3ccc4c5c(ccc(c6ccc(-c7ccc8c9c(cccc79)C(=O)NC8=O)c1c26)c53)C(=O)NC4=O. The second-order valence-corrected chi connectivity index (χ2v) is 10.9. The van der Waals surface area contributed by atoms with Crippen molar-refractivity contribution < 1.29 is 19.2 Å². The van der Waals surface area contributed by atoms with Crippen molar-refractivity contribution in [3.8, 4) is 11.1 Å². The van der Waals surface area contributed by atoms with Crippen LogP contribution in [-0.2, 0) is 0 Å². The van der Waals surface area contributed by atoms with Crippen LogP contribution in [0.15, 0.2) is 78.9 Å². The summed E-state index contributed by atoms with van der Waals surface area (Å²) < 4.78 is 0. The minimum atomic E-state index is -0.387. The monoisotopic (exact) mass is 530 g/mol. The predicted molar refractivity (Wildman–Crippen MR) is 159 cm³/mol. The summed E-state index contributed by atoms with van der Waals surface area (Å²) in [7, 11) is 0. The van der Waals surface area contributed by atoms with Crippen LogP contribution in [0.5, 0.6) is 0 Å². The van der Waals surface area contributed by atoms with E-state index in [1.54, 1.807) is 12.1 Å². The molecular weight excluding hydrogens is 512 g/mol. The van der Waals surface area contributed by atoms with E-state index in [2.05, 4.69) is 41.8 Å². The summed E-state index contributed by atoms with van der Waals surface area (Å²) in [4.78, 5) is 50.8. The molecule has 0 spiro atoms. The van der Waals surface area contributed by atoms with E-state index in [0.29, 0.717) is 33.0 Å². The Hall–Kier alpha value is -5.62. The zero-order valence-corrected chi connectivity index (χ0v) is 21.6. The fourth-order valence-electron chi connectivity index (χ4n) is 7.16. The molecular formula is C35H18N2O4. The number of fused-ring (bicyclic) bond motifs is 2. The molecule has 0 bridgehead atoms. The van der Waals surface area contributed by atoms with Gasteiger partial charge in [-0.2, -0.15) is 0 Å². The minimum absolute atomic E-state index is 0.378. The third kappa shape index (κ3) is 2.62. The molecule has 7 aromatic carbocycles. The summed E-state index contributed by atoms with van der Waals surface area (Å²) in [6.45, 7) is 2.09. The highest BCUT2D eigenvalue weighted by Crippen LogP contribution is 2.47. The van der Waals surface area contributed by atoms with Crippen molar-refractivity contribution in [3.05, 3.63) is 107 Å². The van der Waals surface area contributed by atoms with Gasteiger partial charge in [-0.15, -0.1) is 0 Å². The van der Waals surface area contributed by atoms with Gasteiger partial charge in [0.25, 0.3) is 23.6 Å². The van der Waals surface area contributed by atoms with Crippen molar-refractivity contribution in [3.63, 3.8) is 0 Å². The number of imide groups is 2. The van der Waals surface area contributed by atoms with E-state index in [1.807, 2.05) is 42.5 Å². The lowest BCUT2D eigenvalue weighted by molar-refractivity contribution is 0.0828. The third-order valence-corrected chi connectivity index (χ3v) is 8.87. The molecule has 7 aromatic rings. The van der Waals surface area contributed by atoms with Gasteiger partial charge in [0.2, 0.25) is 0 Å². The van der Waals surface area contributed by atoms with Gasteiger partial charge in [-0.1, -0.05) is 54.6 Å². The lowest BCUT2D eigenvalue weighted by Gasteiger charge is -2.23. The fourth-order valence-corrected chi connectivity index (χ4v) is 7.16. The number of nitrogens with one attached hydrogen (secondary N) is 2. The number of hydrogen-bond acceptors (Lipinski definition) is 4. The molecule has 2 aliphatic heterocycles. The van der Waals surface area contributed by atoms with Gasteiger partial charge >= 0.3 is 0 Å². The average Bonchev–Trinajstić information content (AvgIpc) is 2.98. The van der Waals surface area contributed by atoms with Gasteiger partial charge in [0.15, 0.2) is 0 Å². The van der Waals surface area contributed by atoms with Crippen LogP contribution in [0.4, 0.5) is 0 Å². The van der Waals surface area contributed by atoms with Crippen LogP contribution in [0.25, 0.3) is 65.0 Å². The Morgan fingerprint density at radius 3 is 1.41 bits per heavy atom. The highest BCUT2D eigenvalue weighted by molar-refractivity contribution is 6.39. The summed E-state index contributed by atoms with van der Waals surface area (Å²) in [5, 5.41) is 14.2. The first kappa shape index (κ1) is 22.2. The lowest BCUT2D eigenvalue weighted by atomic mass is 9.82. The van der Waals surface area contributed by atoms with Crippen LogP contribution in [0.3, 0.4) is 0 Å². The summed E-state index contributed by atoms with van der Waals surface area (Å²) >= 11 is 0. The maximum Gasteiger partial charge on any atom is 0.258 e. The third-order valence-electron chi connectivity index (χ3n) is 8.87. The number of aryl methyl sites for hydroxylation is 1. The number of benzene rings is 7. The normalized spacial score (nSPS) is 14.6. The molecule has 41 heavy (non-hydrogen) atoms. The quantitative estimate of drug-likeness (QED) is 0.142. The molecule has 4 amide bonds. The molecule has 2 heterocycles. The molecule has 2 aliphatic rings. The zero-order valence-electron chi connectivity index (χ0n) is 21.6. The molecule has 2 N–H and O–H groups in total. The highest BCUT2D eigenvalue weighted by atomic mass is 16.2. The number of rotatable bonds is 1. The van der Waals surface area contributed by atoms with Gasteiger partial charge in [-0.05, 0) is 91.0 Å². The van der Waals surface area contributed by atoms with E-state index in [-0.39, 0.29) is 23.6 Å². The highest BCUT2D eigenvalue weighted by Gasteiger charge is 2.29. The molecule has 0 aromatic heterocycles. The Kier molecular flexibility index (Phi) is 3.96. The average molecular weight is 531 g/mol. The molecule has 6 nitrogen and oxygen atoms in total. The first-order valence-electron chi connectivity index (χ1n) is 13.4. The van der Waals surface area contributed by atoms with Crippen LogP contribution >= 0.6 is 0 Å². The molecule has 192 valence electrons. The number of carbonyl (C=O) groups excluding carboxylic acids is 4. The summed E-state index contributed by atoms with van der Waals surface area (Å²) in [6, 6.07) is 25.3. The largest absolute Gasteiger partial charge is 0.288 e. The zero-order chi connectivity index (χ0) is 27.7. The molecule has 0 fully saturated rings. The Balaban J connectivity index is 1.45. The van der Waals surface area contributed by atoms with Gasteiger partial charge in [-0.3, -0.25) is 29.8 Å². The van der Waals surface area contributed by atoms with Gasteiger partial charge in [0.1, 0.15) is 0 Å². The summed E-state index contributed by atoms with van der Waals surface area (Å²) in [5.74, 6) is -1.53. The minimum Gasteiger partial charge on any atom is -0.288 e. The van der Waals surface area contributed by atoms with Crippen LogP contribution in [0.1, 0.15) is 47.0 Å². The molecule has 0 atom stereocenters. The van der Waals surface area contributed by atoms with Crippen molar-refractivity contribution in [2.45, 2.75) is 6.92 Å². The number of amides is 4. The smallest absolute Gasteiger partial charge is 0.258 e. The van der Waals surface area contributed by atoms with Crippen molar-refractivity contribution in [1.29, 1.82) is 0 Å². The molecule has 0 unspecified atom stereocenters. The van der Waals surface area contributed by atoms with E-state index < -0.39 is 0 Å². The topological polar surface area (TPSA) is 92.3 Å². The maximum atomic E-state index is 12.7. The predicted octanol–water partition coefficient (Wildman–Crippen LogP) is 6.63. The Morgan fingerprint density at radius 1 is 0.366 bits per heavy atom. The maximum absolute atomic E-state index is 12.7. The van der Waals surface area contributed by atoms with Crippen LogP contribution in [0, 0.1) is 6.92 Å². The van der Waals surface area contributed by atoms with E-state index in [9.17, 15) is 19.2 Å². The van der Waals surface area contributed by atoms with Gasteiger partial charge in [0.05, 0.1) is 0 Å². The molecule has 0 saturated heterocycles. The van der Waals surface area contributed by atoms with Crippen LogP contribution in [0.2, 0.25) is 0 Å². The van der Waals surface area contributed by atoms with Crippen molar-refractivity contribution >= 4 is 77.5 Å². The van der Waals surface area contributed by atoms with E-state index in [1.165, 1.54) is 0 Å². The van der Waals surface area contributed by atoms with Crippen LogP contribution < -0.4 is 10.6 Å². The van der Waals surface area contributed by atoms with E-state index in [0.717, 1.165) is 59.8 Å². The fraction of sp³-hybridized carbons (Fsp3) is 0.0286. The van der Waals surface area contributed by atoms with E-state index in [4.69, 9.17) is 0 Å². The van der Waals surface area contributed by atoms with Crippen LogP contribution in [-0.4, -0.2) is 23.6 Å². The number of hydrogen-bond donors (Lipinski definition) is 2.